The van der Waals surface area contributed by atoms with Crippen LogP contribution in [0.4, 0.5) is 4.79 Å². The Balaban J connectivity index is 1.78. The molecule has 0 aliphatic carbocycles. The van der Waals surface area contributed by atoms with E-state index in [4.69, 9.17) is 11.6 Å². The summed E-state index contributed by atoms with van der Waals surface area (Å²) in [6.45, 7) is 1.60. The second kappa shape index (κ2) is 5.56. The van der Waals surface area contributed by atoms with Crippen molar-refractivity contribution in [2.24, 2.45) is 0 Å². The third kappa shape index (κ3) is 2.70. The lowest BCUT2D eigenvalue weighted by Crippen LogP contribution is -2.51. The molecule has 2 aliphatic heterocycles. The molecular weight excluding hydrogens is 290 g/mol. The van der Waals surface area contributed by atoms with Gasteiger partial charge < -0.3 is 15.1 Å². The molecule has 3 amide bonds. The van der Waals surface area contributed by atoms with Crippen LogP contribution in [0.1, 0.15) is 24.4 Å². The topological polar surface area (TPSA) is 52.7 Å². The monoisotopic (exact) mass is 307 g/mol. The third-order valence-electron chi connectivity index (χ3n) is 4.25. The molecule has 6 heteroatoms. The lowest BCUT2D eigenvalue weighted by molar-refractivity contribution is -0.127. The molecule has 1 aromatic rings. The normalized spacial score (nSPS) is 25.0. The molecule has 2 unspecified atom stereocenters. The zero-order valence-electron chi connectivity index (χ0n) is 11.9. The van der Waals surface area contributed by atoms with Crippen LogP contribution < -0.4 is 5.32 Å². The summed E-state index contributed by atoms with van der Waals surface area (Å²) < 4.78 is 0. The largest absolute Gasteiger partial charge is 0.337 e. The van der Waals surface area contributed by atoms with Gasteiger partial charge in [0.05, 0.1) is 12.1 Å². The van der Waals surface area contributed by atoms with Gasteiger partial charge in [-0.3, -0.25) is 4.79 Å². The van der Waals surface area contributed by atoms with Crippen LogP contribution in [-0.2, 0) is 4.79 Å². The molecule has 2 heterocycles. The Labute approximate surface area is 128 Å². The van der Waals surface area contributed by atoms with E-state index in [9.17, 15) is 9.59 Å². The van der Waals surface area contributed by atoms with Crippen molar-refractivity contribution in [2.45, 2.75) is 24.9 Å². The van der Waals surface area contributed by atoms with Crippen LogP contribution in [0.3, 0.4) is 0 Å². The Morgan fingerprint density at radius 3 is 2.52 bits per heavy atom. The van der Waals surface area contributed by atoms with E-state index < -0.39 is 0 Å². The van der Waals surface area contributed by atoms with Crippen LogP contribution >= 0.6 is 11.6 Å². The first-order chi connectivity index (χ1) is 10.1. The van der Waals surface area contributed by atoms with Crippen LogP contribution in [0.5, 0.6) is 0 Å². The number of carbonyl (C=O) groups excluding carboxylic acids is 2. The number of urea groups is 1. The zero-order valence-corrected chi connectivity index (χ0v) is 12.6. The summed E-state index contributed by atoms with van der Waals surface area (Å²) in [4.78, 5) is 27.6. The molecule has 0 radical (unpaired) electrons. The maximum absolute atomic E-state index is 12.1. The molecule has 2 atom stereocenters. The smallest absolute Gasteiger partial charge is 0.317 e. The maximum Gasteiger partial charge on any atom is 0.317 e. The van der Waals surface area contributed by atoms with Gasteiger partial charge in [0, 0.05) is 31.6 Å². The van der Waals surface area contributed by atoms with Crippen molar-refractivity contribution in [3.8, 4) is 0 Å². The summed E-state index contributed by atoms with van der Waals surface area (Å²) in [6, 6.07) is 7.02. The molecular formula is C15H18ClN3O2. The Hall–Kier alpha value is -1.75. The number of amides is 3. The number of nitrogens with zero attached hydrogens (tertiary/aromatic N) is 2. The van der Waals surface area contributed by atoms with Gasteiger partial charge in [-0.05, 0) is 24.1 Å². The lowest BCUT2D eigenvalue weighted by Gasteiger charge is -2.33. The number of benzene rings is 1. The number of hydrogen-bond donors (Lipinski definition) is 1. The van der Waals surface area contributed by atoms with E-state index in [1.165, 1.54) is 0 Å². The average Bonchev–Trinajstić information content (AvgIpc) is 2.64. The van der Waals surface area contributed by atoms with Crippen molar-refractivity contribution in [3.05, 3.63) is 34.9 Å². The molecule has 2 aliphatic rings. The van der Waals surface area contributed by atoms with Crippen LogP contribution in [0.15, 0.2) is 24.3 Å². The first kappa shape index (κ1) is 14.2. The van der Waals surface area contributed by atoms with Gasteiger partial charge in [-0.2, -0.15) is 0 Å². The highest BCUT2D eigenvalue weighted by atomic mass is 35.5. The molecule has 21 heavy (non-hydrogen) atoms. The minimum Gasteiger partial charge on any atom is -0.337 e. The molecule has 0 bridgehead atoms. The fourth-order valence-electron chi connectivity index (χ4n) is 2.88. The molecule has 1 N–H and O–H groups in total. The van der Waals surface area contributed by atoms with Crippen molar-refractivity contribution >= 4 is 23.5 Å². The van der Waals surface area contributed by atoms with Crippen LogP contribution in [0.2, 0.25) is 5.02 Å². The van der Waals surface area contributed by atoms with E-state index >= 15 is 0 Å². The second-order valence-electron chi connectivity index (χ2n) is 5.60. The van der Waals surface area contributed by atoms with Crippen molar-refractivity contribution in [2.75, 3.05) is 20.1 Å². The fraction of sp³-hybridized carbons (Fsp3) is 0.467. The number of rotatable bonds is 2. The van der Waals surface area contributed by atoms with Crippen molar-refractivity contribution in [1.29, 1.82) is 0 Å². The van der Waals surface area contributed by atoms with Gasteiger partial charge in [-0.15, -0.1) is 0 Å². The van der Waals surface area contributed by atoms with E-state index in [1.54, 1.807) is 16.8 Å². The zero-order chi connectivity index (χ0) is 15.0. The van der Waals surface area contributed by atoms with Gasteiger partial charge in [0.2, 0.25) is 5.91 Å². The average molecular weight is 308 g/mol. The first-order valence-electron chi connectivity index (χ1n) is 7.13. The number of carbonyl (C=O) groups is 2. The van der Waals surface area contributed by atoms with Crippen LogP contribution in [0.25, 0.3) is 0 Å². The fourth-order valence-corrected chi connectivity index (χ4v) is 3.01. The predicted molar refractivity (Wildman–Crippen MR) is 80.1 cm³/mol. The molecule has 112 valence electrons. The van der Waals surface area contributed by atoms with Gasteiger partial charge in [0.25, 0.3) is 0 Å². The van der Waals surface area contributed by atoms with E-state index in [-0.39, 0.29) is 24.0 Å². The first-order valence-corrected chi connectivity index (χ1v) is 7.50. The third-order valence-corrected chi connectivity index (χ3v) is 4.50. The summed E-state index contributed by atoms with van der Waals surface area (Å²) >= 11 is 5.92. The highest BCUT2D eigenvalue weighted by Gasteiger charge is 2.40. The SMILES string of the molecule is CN1C(=O)CC(NC(=O)N2CCC2)C1c1ccc(Cl)cc1. The predicted octanol–water partition coefficient (Wildman–Crippen LogP) is 2.03. The molecule has 0 aromatic heterocycles. The van der Waals surface area contributed by atoms with Gasteiger partial charge in [-0.1, -0.05) is 23.7 Å². The molecule has 2 fully saturated rings. The summed E-state index contributed by atoms with van der Waals surface area (Å²) in [5, 5.41) is 3.66. The van der Waals surface area contributed by atoms with Gasteiger partial charge in [-0.25, -0.2) is 4.79 Å². The van der Waals surface area contributed by atoms with Crippen molar-refractivity contribution in [1.82, 2.24) is 15.1 Å². The maximum atomic E-state index is 12.1. The van der Waals surface area contributed by atoms with Crippen LogP contribution in [0, 0.1) is 0 Å². The van der Waals surface area contributed by atoms with Gasteiger partial charge in [0.1, 0.15) is 0 Å². The number of nitrogens with one attached hydrogen (secondary N) is 1. The van der Waals surface area contributed by atoms with Crippen molar-refractivity contribution in [3.63, 3.8) is 0 Å². The van der Waals surface area contributed by atoms with Crippen LogP contribution in [-0.4, -0.2) is 47.9 Å². The molecule has 5 nitrogen and oxygen atoms in total. The molecule has 1 aromatic carbocycles. The highest BCUT2D eigenvalue weighted by molar-refractivity contribution is 6.30. The highest BCUT2D eigenvalue weighted by Crippen LogP contribution is 2.32. The van der Waals surface area contributed by atoms with E-state index in [1.807, 2.05) is 24.3 Å². The summed E-state index contributed by atoms with van der Waals surface area (Å²) in [5.74, 6) is 0.0452. The van der Waals surface area contributed by atoms with E-state index in [2.05, 4.69) is 5.32 Å². The minimum atomic E-state index is -0.197. The Kier molecular flexibility index (Phi) is 3.76. The molecule has 2 saturated heterocycles. The Bertz CT molecular complexity index is 557. The summed E-state index contributed by atoms with van der Waals surface area (Å²) in [6.07, 6.45) is 1.39. The molecule has 0 spiro atoms. The lowest BCUT2D eigenvalue weighted by atomic mass is 10.0. The minimum absolute atomic E-state index is 0.0452. The number of halogens is 1. The second-order valence-corrected chi connectivity index (χ2v) is 6.04. The van der Waals surface area contributed by atoms with E-state index in [0.717, 1.165) is 25.1 Å². The molecule has 3 rings (SSSR count). The van der Waals surface area contributed by atoms with Crippen molar-refractivity contribution < 1.29 is 9.59 Å². The Morgan fingerprint density at radius 2 is 1.95 bits per heavy atom. The number of hydrogen-bond acceptors (Lipinski definition) is 2. The molecule has 0 saturated carbocycles. The van der Waals surface area contributed by atoms with Gasteiger partial charge >= 0.3 is 6.03 Å². The summed E-state index contributed by atoms with van der Waals surface area (Å²) in [5.41, 5.74) is 0.988. The standard InChI is InChI=1S/C15H18ClN3O2/c1-18-13(20)9-12(17-15(21)19-7-2-8-19)14(18)10-3-5-11(16)6-4-10/h3-6,12,14H,2,7-9H2,1H3,(H,17,21). The van der Waals surface area contributed by atoms with Gasteiger partial charge in [0.15, 0.2) is 0 Å². The summed E-state index contributed by atoms with van der Waals surface area (Å²) in [7, 11) is 1.78. The number of likely N-dealkylation sites (N-methyl/N-ethyl adjacent to an activating group) is 1. The Morgan fingerprint density at radius 1 is 1.29 bits per heavy atom. The quantitative estimate of drug-likeness (QED) is 0.909. The number of likely N-dealkylation sites (tertiary alicyclic amines) is 2. The van der Waals surface area contributed by atoms with E-state index in [0.29, 0.717) is 11.4 Å².